The van der Waals surface area contributed by atoms with Crippen LogP contribution in [0, 0.1) is 0 Å². The Morgan fingerprint density at radius 1 is 1.20 bits per heavy atom. The lowest BCUT2D eigenvalue weighted by atomic mass is 10.2. The Morgan fingerprint density at radius 3 is 2.55 bits per heavy atom. The molecule has 0 aliphatic heterocycles. The molecule has 2 rings (SSSR count). The number of methoxy groups -OCH3 is 1. The summed E-state index contributed by atoms with van der Waals surface area (Å²) in [7, 11) is 1.31. The van der Waals surface area contributed by atoms with Gasteiger partial charge in [0.1, 0.15) is 12.4 Å². The Balaban J connectivity index is 2.23. The molecular formula is C15H12BrClO3. The second kappa shape index (κ2) is 6.77. The first-order valence-corrected chi connectivity index (χ1v) is 7.03. The zero-order valence-electron chi connectivity index (χ0n) is 10.7. The zero-order chi connectivity index (χ0) is 14.5. The number of esters is 1. The van der Waals surface area contributed by atoms with Gasteiger partial charge in [-0.1, -0.05) is 41.9 Å². The summed E-state index contributed by atoms with van der Waals surface area (Å²) >= 11 is 9.48. The first kappa shape index (κ1) is 14.9. The predicted octanol–water partition coefficient (Wildman–Crippen LogP) is 4.47. The van der Waals surface area contributed by atoms with Crippen LogP contribution in [-0.4, -0.2) is 13.1 Å². The van der Waals surface area contributed by atoms with Crippen LogP contribution >= 0.6 is 27.5 Å². The minimum Gasteiger partial charge on any atom is -0.487 e. The van der Waals surface area contributed by atoms with Crippen molar-refractivity contribution in [2.45, 2.75) is 6.61 Å². The smallest absolute Gasteiger partial charge is 0.340 e. The van der Waals surface area contributed by atoms with Gasteiger partial charge in [0.15, 0.2) is 0 Å². The summed E-state index contributed by atoms with van der Waals surface area (Å²) in [5, 5.41) is 0.238. The summed E-state index contributed by atoms with van der Waals surface area (Å²) < 4.78 is 10.9. The molecule has 0 bridgehead atoms. The highest BCUT2D eigenvalue weighted by Gasteiger charge is 2.18. The van der Waals surface area contributed by atoms with Crippen molar-refractivity contribution in [3.05, 3.63) is 63.1 Å². The van der Waals surface area contributed by atoms with Crippen molar-refractivity contribution < 1.29 is 14.3 Å². The third kappa shape index (κ3) is 3.32. The van der Waals surface area contributed by atoms with E-state index in [2.05, 4.69) is 15.9 Å². The van der Waals surface area contributed by atoms with E-state index in [1.165, 1.54) is 7.11 Å². The minimum atomic E-state index is -0.507. The number of ether oxygens (including phenoxy) is 2. The molecule has 104 valence electrons. The van der Waals surface area contributed by atoms with Gasteiger partial charge in [-0.15, -0.1) is 0 Å². The summed E-state index contributed by atoms with van der Waals surface area (Å²) in [6.45, 7) is 0.378. The van der Waals surface area contributed by atoms with Crippen molar-refractivity contribution in [1.29, 1.82) is 0 Å². The van der Waals surface area contributed by atoms with E-state index in [1.807, 2.05) is 30.3 Å². The van der Waals surface area contributed by atoms with E-state index in [-0.39, 0.29) is 10.6 Å². The lowest BCUT2D eigenvalue weighted by molar-refractivity contribution is 0.0599. The summed E-state index contributed by atoms with van der Waals surface area (Å²) in [5.74, 6) is -0.0637. The first-order valence-electron chi connectivity index (χ1n) is 5.86. The lowest BCUT2D eigenvalue weighted by Crippen LogP contribution is -2.05. The summed E-state index contributed by atoms with van der Waals surface area (Å²) in [6, 6.07) is 13.1. The normalized spacial score (nSPS) is 10.2. The molecule has 0 fully saturated rings. The fourth-order valence-electron chi connectivity index (χ4n) is 1.67. The van der Waals surface area contributed by atoms with Crippen molar-refractivity contribution in [3.63, 3.8) is 0 Å². The highest BCUT2D eigenvalue weighted by molar-refractivity contribution is 9.10. The molecule has 0 aliphatic carbocycles. The SMILES string of the molecule is COC(=O)c1c(Br)ccc(OCc2ccccc2)c1Cl. The minimum absolute atomic E-state index is 0.238. The fraction of sp³-hybridized carbons (Fsp3) is 0.133. The van der Waals surface area contributed by atoms with Crippen LogP contribution in [0.4, 0.5) is 0 Å². The summed E-state index contributed by atoms with van der Waals surface area (Å²) in [4.78, 5) is 11.7. The van der Waals surface area contributed by atoms with Gasteiger partial charge in [-0.2, -0.15) is 0 Å². The molecule has 0 unspecified atom stereocenters. The van der Waals surface area contributed by atoms with E-state index in [4.69, 9.17) is 21.1 Å². The van der Waals surface area contributed by atoms with E-state index in [0.29, 0.717) is 16.8 Å². The molecule has 0 aromatic heterocycles. The third-order valence-corrected chi connectivity index (χ3v) is 3.72. The Labute approximate surface area is 130 Å². The van der Waals surface area contributed by atoms with Crippen LogP contribution in [0.3, 0.4) is 0 Å². The molecule has 0 N–H and O–H groups in total. The monoisotopic (exact) mass is 354 g/mol. The maximum absolute atomic E-state index is 11.7. The number of benzene rings is 2. The van der Waals surface area contributed by atoms with Crippen molar-refractivity contribution in [2.75, 3.05) is 7.11 Å². The first-order chi connectivity index (χ1) is 9.63. The van der Waals surface area contributed by atoms with E-state index < -0.39 is 5.97 Å². The predicted molar refractivity (Wildman–Crippen MR) is 81.3 cm³/mol. The van der Waals surface area contributed by atoms with Crippen LogP contribution < -0.4 is 4.74 Å². The number of carbonyl (C=O) groups is 1. The number of hydrogen-bond acceptors (Lipinski definition) is 3. The molecule has 0 radical (unpaired) electrons. The molecule has 20 heavy (non-hydrogen) atoms. The van der Waals surface area contributed by atoms with Gasteiger partial charge in [0.05, 0.1) is 17.7 Å². The lowest BCUT2D eigenvalue weighted by Gasteiger charge is -2.12. The number of rotatable bonds is 4. The van der Waals surface area contributed by atoms with Gasteiger partial charge in [-0.25, -0.2) is 4.79 Å². The number of carbonyl (C=O) groups excluding carboxylic acids is 1. The zero-order valence-corrected chi connectivity index (χ0v) is 13.1. The van der Waals surface area contributed by atoms with Gasteiger partial charge in [-0.3, -0.25) is 0 Å². The second-order valence-corrected chi connectivity index (χ2v) is 5.23. The molecule has 0 heterocycles. The summed E-state index contributed by atoms with van der Waals surface area (Å²) in [6.07, 6.45) is 0. The van der Waals surface area contributed by atoms with E-state index in [9.17, 15) is 4.79 Å². The second-order valence-electron chi connectivity index (χ2n) is 4.00. The van der Waals surface area contributed by atoms with Gasteiger partial charge in [0.25, 0.3) is 0 Å². The average Bonchev–Trinajstić information content (AvgIpc) is 2.47. The van der Waals surface area contributed by atoms with Gasteiger partial charge in [-0.05, 0) is 33.6 Å². The maximum Gasteiger partial charge on any atom is 0.340 e. The molecule has 0 saturated carbocycles. The van der Waals surface area contributed by atoms with Crippen LogP contribution in [0.15, 0.2) is 46.9 Å². The van der Waals surface area contributed by atoms with Crippen LogP contribution in [-0.2, 0) is 11.3 Å². The van der Waals surface area contributed by atoms with Crippen molar-refractivity contribution in [1.82, 2.24) is 0 Å². The topological polar surface area (TPSA) is 35.5 Å². The van der Waals surface area contributed by atoms with E-state index in [0.717, 1.165) is 5.56 Å². The molecule has 2 aromatic rings. The van der Waals surface area contributed by atoms with Gasteiger partial charge < -0.3 is 9.47 Å². The Morgan fingerprint density at radius 2 is 1.90 bits per heavy atom. The van der Waals surface area contributed by atoms with Crippen molar-refractivity contribution in [3.8, 4) is 5.75 Å². The van der Waals surface area contributed by atoms with Crippen LogP contribution in [0.25, 0.3) is 0 Å². The maximum atomic E-state index is 11.7. The standard InChI is InChI=1S/C15H12BrClO3/c1-19-15(18)13-11(16)7-8-12(14(13)17)20-9-10-5-3-2-4-6-10/h2-8H,9H2,1H3. The molecule has 0 aliphatic rings. The Bertz CT molecular complexity index is 614. The Hall–Kier alpha value is -1.52. The third-order valence-electron chi connectivity index (χ3n) is 2.68. The van der Waals surface area contributed by atoms with Gasteiger partial charge in [0, 0.05) is 4.47 Å². The highest BCUT2D eigenvalue weighted by Crippen LogP contribution is 2.34. The molecule has 0 saturated heterocycles. The average molecular weight is 356 g/mol. The van der Waals surface area contributed by atoms with E-state index >= 15 is 0 Å². The fourth-order valence-corrected chi connectivity index (χ4v) is 2.57. The quantitative estimate of drug-likeness (QED) is 0.759. The summed E-state index contributed by atoms with van der Waals surface area (Å²) in [5.41, 5.74) is 1.28. The van der Waals surface area contributed by atoms with Crippen molar-refractivity contribution in [2.24, 2.45) is 0 Å². The van der Waals surface area contributed by atoms with Crippen LogP contribution in [0.1, 0.15) is 15.9 Å². The molecule has 2 aromatic carbocycles. The number of halogens is 2. The van der Waals surface area contributed by atoms with Gasteiger partial charge in [0.2, 0.25) is 0 Å². The molecule has 0 spiro atoms. The van der Waals surface area contributed by atoms with Crippen LogP contribution in [0.2, 0.25) is 5.02 Å². The van der Waals surface area contributed by atoms with Crippen molar-refractivity contribution >= 4 is 33.5 Å². The molecule has 5 heteroatoms. The molecule has 3 nitrogen and oxygen atoms in total. The molecular weight excluding hydrogens is 344 g/mol. The largest absolute Gasteiger partial charge is 0.487 e. The van der Waals surface area contributed by atoms with Crippen LogP contribution in [0.5, 0.6) is 5.75 Å². The van der Waals surface area contributed by atoms with Gasteiger partial charge >= 0.3 is 5.97 Å². The Kier molecular flexibility index (Phi) is 5.04. The molecule has 0 atom stereocenters. The molecule has 0 amide bonds. The van der Waals surface area contributed by atoms with E-state index in [1.54, 1.807) is 12.1 Å². The number of hydrogen-bond donors (Lipinski definition) is 0. The highest BCUT2D eigenvalue weighted by atomic mass is 79.9.